The number of hydrogen-bond donors (Lipinski definition) is 1. The number of nitrogen functional groups attached to an aromatic ring is 1. The van der Waals surface area contributed by atoms with Crippen molar-refractivity contribution in [3.8, 4) is 5.75 Å². The molecule has 0 fully saturated rings. The van der Waals surface area contributed by atoms with Gasteiger partial charge >= 0.3 is 5.97 Å². The smallest absolute Gasteiger partial charge is 0.340 e. The van der Waals surface area contributed by atoms with Gasteiger partial charge in [-0.3, -0.25) is 0 Å². The molecule has 2 N–H and O–H groups in total. The van der Waals surface area contributed by atoms with Crippen LogP contribution in [0.1, 0.15) is 10.4 Å². The average Bonchev–Trinajstić information content (AvgIpc) is 2.26. The van der Waals surface area contributed by atoms with Crippen LogP contribution in [0.15, 0.2) is 18.2 Å². The highest BCUT2D eigenvalue weighted by Gasteiger charge is 2.12. The minimum atomic E-state index is -0.713. The first-order valence-corrected chi connectivity index (χ1v) is 4.35. The van der Waals surface area contributed by atoms with Gasteiger partial charge < -0.3 is 15.2 Å². The lowest BCUT2D eigenvalue weighted by molar-refractivity contribution is 0.0482. The van der Waals surface area contributed by atoms with Crippen molar-refractivity contribution < 1.29 is 18.7 Å². The molecule has 1 aromatic carbocycles. The van der Waals surface area contributed by atoms with Gasteiger partial charge in [-0.25, -0.2) is 9.18 Å². The number of esters is 1. The molecule has 1 aromatic rings. The molecule has 0 unspecified atom stereocenters. The molecule has 0 aliphatic rings. The molecule has 82 valence electrons. The maximum Gasteiger partial charge on any atom is 0.340 e. The number of ether oxygens (including phenoxy) is 2. The van der Waals surface area contributed by atoms with Crippen molar-refractivity contribution >= 4 is 11.7 Å². The minimum absolute atomic E-state index is 0.183. The van der Waals surface area contributed by atoms with E-state index >= 15 is 0 Å². The van der Waals surface area contributed by atoms with Crippen LogP contribution in [-0.2, 0) is 4.74 Å². The molecule has 5 heteroatoms. The Bertz CT molecular complexity index is 355. The first-order valence-electron chi connectivity index (χ1n) is 4.35. The third-order valence-electron chi connectivity index (χ3n) is 1.79. The summed E-state index contributed by atoms with van der Waals surface area (Å²) in [6.07, 6.45) is 0. The van der Waals surface area contributed by atoms with E-state index in [1.165, 1.54) is 19.2 Å². The summed E-state index contributed by atoms with van der Waals surface area (Å²) < 4.78 is 21.3. The van der Waals surface area contributed by atoms with Crippen molar-refractivity contribution in [2.24, 2.45) is 0 Å². The molecule has 1 rings (SSSR count). The van der Waals surface area contributed by atoms with Crippen molar-refractivity contribution in [1.82, 2.24) is 0 Å². The highest BCUT2D eigenvalue weighted by molar-refractivity contribution is 5.95. The predicted octanol–water partition coefficient (Wildman–Crippen LogP) is 1.40. The number of benzene rings is 1. The van der Waals surface area contributed by atoms with Gasteiger partial charge in [-0.1, -0.05) is 0 Å². The van der Waals surface area contributed by atoms with E-state index < -0.39 is 12.6 Å². The van der Waals surface area contributed by atoms with Gasteiger partial charge in [0.05, 0.1) is 12.7 Å². The summed E-state index contributed by atoms with van der Waals surface area (Å²) in [5, 5.41) is 0. The third-order valence-corrected chi connectivity index (χ3v) is 1.79. The average molecular weight is 213 g/mol. The standard InChI is InChI=1S/C10H12FNO3/c1-14-7-2-3-9(12)8(6-7)10(13)15-5-4-11/h2-3,6H,4-5,12H2,1H3. The van der Waals surface area contributed by atoms with Crippen LogP contribution in [0.25, 0.3) is 0 Å². The molecule has 0 aliphatic carbocycles. The van der Waals surface area contributed by atoms with E-state index in [0.29, 0.717) is 5.75 Å². The maximum atomic E-state index is 11.8. The van der Waals surface area contributed by atoms with Crippen LogP contribution in [0.5, 0.6) is 5.75 Å². The Labute approximate surface area is 86.8 Å². The first kappa shape index (κ1) is 11.3. The van der Waals surface area contributed by atoms with Gasteiger partial charge in [-0.15, -0.1) is 0 Å². The predicted molar refractivity (Wildman–Crippen MR) is 53.7 cm³/mol. The second-order valence-electron chi connectivity index (χ2n) is 2.78. The zero-order chi connectivity index (χ0) is 11.3. The largest absolute Gasteiger partial charge is 0.497 e. The van der Waals surface area contributed by atoms with Crippen molar-refractivity contribution in [3.63, 3.8) is 0 Å². The highest BCUT2D eigenvalue weighted by atomic mass is 19.1. The summed E-state index contributed by atoms with van der Waals surface area (Å²) in [4.78, 5) is 11.4. The van der Waals surface area contributed by atoms with E-state index in [2.05, 4.69) is 4.74 Å². The van der Waals surface area contributed by atoms with Crippen LogP contribution in [0, 0.1) is 0 Å². The van der Waals surface area contributed by atoms with Crippen LogP contribution < -0.4 is 10.5 Å². The number of anilines is 1. The number of rotatable bonds is 4. The first-order chi connectivity index (χ1) is 7.19. The van der Waals surface area contributed by atoms with Crippen LogP contribution >= 0.6 is 0 Å². The number of hydrogen-bond acceptors (Lipinski definition) is 4. The van der Waals surface area contributed by atoms with Crippen LogP contribution in [0.4, 0.5) is 10.1 Å². The number of carbonyl (C=O) groups is 1. The lowest BCUT2D eigenvalue weighted by Crippen LogP contribution is -2.10. The second-order valence-corrected chi connectivity index (χ2v) is 2.78. The number of halogens is 1. The summed E-state index contributed by atoms with van der Waals surface area (Å²) >= 11 is 0. The maximum absolute atomic E-state index is 11.8. The molecular formula is C10H12FNO3. The molecule has 0 amide bonds. The van der Waals surface area contributed by atoms with Gasteiger partial charge in [0, 0.05) is 5.69 Å². The lowest BCUT2D eigenvalue weighted by Gasteiger charge is -2.07. The number of carbonyl (C=O) groups excluding carboxylic acids is 1. The molecule has 0 heterocycles. The second kappa shape index (κ2) is 5.19. The van der Waals surface area contributed by atoms with E-state index in [4.69, 9.17) is 10.5 Å². The fraction of sp³-hybridized carbons (Fsp3) is 0.300. The number of methoxy groups -OCH3 is 1. The highest BCUT2D eigenvalue weighted by Crippen LogP contribution is 2.20. The third kappa shape index (κ3) is 2.83. The molecule has 0 saturated carbocycles. The monoisotopic (exact) mass is 213 g/mol. The normalized spacial score (nSPS) is 9.73. The molecule has 0 spiro atoms. The van der Waals surface area contributed by atoms with Gasteiger partial charge in [0.1, 0.15) is 19.0 Å². The Kier molecular flexibility index (Phi) is 3.91. The summed E-state index contributed by atoms with van der Waals surface area (Å²) in [6.45, 7) is -0.981. The van der Waals surface area contributed by atoms with Gasteiger partial charge in [0.25, 0.3) is 0 Å². The van der Waals surface area contributed by atoms with Crippen LogP contribution in [0.2, 0.25) is 0 Å². The van der Waals surface area contributed by atoms with E-state index in [9.17, 15) is 9.18 Å². The Morgan fingerprint density at radius 2 is 2.27 bits per heavy atom. The summed E-state index contributed by atoms with van der Waals surface area (Å²) in [6, 6.07) is 4.61. The van der Waals surface area contributed by atoms with Crippen molar-refractivity contribution in [2.75, 3.05) is 26.1 Å². The Hall–Kier alpha value is -1.78. The zero-order valence-corrected chi connectivity index (χ0v) is 8.33. The van der Waals surface area contributed by atoms with Gasteiger partial charge in [-0.05, 0) is 18.2 Å². The topological polar surface area (TPSA) is 61.5 Å². The Balaban J connectivity index is 2.86. The molecule has 4 nitrogen and oxygen atoms in total. The lowest BCUT2D eigenvalue weighted by atomic mass is 10.2. The molecular weight excluding hydrogens is 201 g/mol. The Morgan fingerprint density at radius 3 is 2.87 bits per heavy atom. The fourth-order valence-corrected chi connectivity index (χ4v) is 1.05. The van der Waals surface area contributed by atoms with Crippen LogP contribution in [0.3, 0.4) is 0 Å². The zero-order valence-electron chi connectivity index (χ0n) is 8.33. The van der Waals surface area contributed by atoms with Gasteiger partial charge in [0.2, 0.25) is 0 Å². The van der Waals surface area contributed by atoms with Crippen LogP contribution in [-0.4, -0.2) is 26.4 Å². The molecule has 0 saturated heterocycles. The van der Waals surface area contributed by atoms with E-state index in [1.54, 1.807) is 6.07 Å². The van der Waals surface area contributed by atoms with E-state index in [1.807, 2.05) is 0 Å². The number of alkyl halides is 1. The molecule has 15 heavy (non-hydrogen) atoms. The SMILES string of the molecule is COc1ccc(N)c(C(=O)OCCF)c1. The van der Waals surface area contributed by atoms with E-state index in [0.717, 1.165) is 0 Å². The van der Waals surface area contributed by atoms with E-state index in [-0.39, 0.29) is 17.9 Å². The quantitative estimate of drug-likeness (QED) is 0.606. The van der Waals surface area contributed by atoms with Gasteiger partial charge in [-0.2, -0.15) is 0 Å². The van der Waals surface area contributed by atoms with Crippen molar-refractivity contribution in [3.05, 3.63) is 23.8 Å². The number of nitrogens with two attached hydrogens (primary N) is 1. The van der Waals surface area contributed by atoms with Gasteiger partial charge in [0.15, 0.2) is 0 Å². The fourth-order valence-electron chi connectivity index (χ4n) is 1.05. The van der Waals surface area contributed by atoms with Crippen molar-refractivity contribution in [2.45, 2.75) is 0 Å². The molecule has 0 radical (unpaired) electrons. The molecule has 0 bridgehead atoms. The Morgan fingerprint density at radius 1 is 1.53 bits per heavy atom. The van der Waals surface area contributed by atoms with Crippen molar-refractivity contribution in [1.29, 1.82) is 0 Å². The minimum Gasteiger partial charge on any atom is -0.497 e. The summed E-state index contributed by atoms with van der Waals surface area (Å²) in [5.41, 5.74) is 6.03. The summed E-state index contributed by atoms with van der Waals surface area (Å²) in [5.74, 6) is -0.152. The summed E-state index contributed by atoms with van der Waals surface area (Å²) in [7, 11) is 1.47. The molecule has 0 aliphatic heterocycles. The molecule has 0 aromatic heterocycles. The molecule has 0 atom stereocenters.